The molecule has 1 aliphatic heterocycles. The van der Waals surface area contributed by atoms with Crippen molar-refractivity contribution >= 4 is 34.7 Å². The maximum Gasteiger partial charge on any atom is 0.261 e. The van der Waals surface area contributed by atoms with Gasteiger partial charge in [-0.1, -0.05) is 18.2 Å². The number of aromatic amines is 1. The number of nitrogens with one attached hydrogen (secondary N) is 1. The molecule has 3 aromatic rings. The zero-order valence-electron chi connectivity index (χ0n) is 13.9. The van der Waals surface area contributed by atoms with Crippen molar-refractivity contribution in [3.05, 3.63) is 68.7 Å². The Morgan fingerprint density at radius 1 is 1.24 bits per heavy atom. The first kappa shape index (κ1) is 15.8. The molecule has 0 saturated heterocycles. The Bertz CT molecular complexity index is 1130. The van der Waals surface area contributed by atoms with E-state index in [2.05, 4.69) is 11.1 Å². The van der Waals surface area contributed by atoms with Crippen LogP contribution in [0.5, 0.6) is 0 Å². The summed E-state index contributed by atoms with van der Waals surface area (Å²) >= 11 is 5.17. The Morgan fingerprint density at radius 3 is 2.80 bits per heavy atom. The molecule has 1 N–H and O–H groups in total. The van der Waals surface area contributed by atoms with Crippen LogP contribution in [0, 0.1) is 4.77 Å². The maximum absolute atomic E-state index is 13.1. The van der Waals surface area contributed by atoms with E-state index in [0.29, 0.717) is 21.2 Å². The van der Waals surface area contributed by atoms with E-state index in [1.807, 2.05) is 30.0 Å². The van der Waals surface area contributed by atoms with Gasteiger partial charge in [-0.25, -0.2) is 0 Å². The monoisotopic (exact) mass is 351 g/mol. The average molecular weight is 351 g/mol. The van der Waals surface area contributed by atoms with Crippen LogP contribution >= 0.6 is 12.2 Å². The highest BCUT2D eigenvalue weighted by atomic mass is 32.1. The molecule has 5 nitrogen and oxygen atoms in total. The molecule has 126 valence electrons. The fourth-order valence-electron chi connectivity index (χ4n) is 3.45. The fourth-order valence-corrected chi connectivity index (χ4v) is 3.65. The number of hydrogen-bond donors (Lipinski definition) is 1. The lowest BCUT2D eigenvalue weighted by Crippen LogP contribution is -2.35. The fraction of sp³-hybridized carbons (Fsp3) is 0.211. The summed E-state index contributed by atoms with van der Waals surface area (Å²) in [4.78, 5) is 30.2. The Balaban J connectivity index is 1.83. The molecule has 1 atom stereocenters. The third kappa shape index (κ3) is 2.41. The normalized spacial score (nSPS) is 16.2. The number of amides is 1. The molecule has 0 aliphatic carbocycles. The van der Waals surface area contributed by atoms with Crippen molar-refractivity contribution in [2.24, 2.45) is 7.05 Å². The van der Waals surface area contributed by atoms with Crippen molar-refractivity contribution in [2.45, 2.75) is 19.4 Å². The lowest BCUT2D eigenvalue weighted by atomic mass is 10.1. The van der Waals surface area contributed by atoms with E-state index in [0.717, 1.165) is 12.1 Å². The lowest BCUT2D eigenvalue weighted by Gasteiger charge is -2.23. The molecule has 0 spiro atoms. The summed E-state index contributed by atoms with van der Waals surface area (Å²) in [6.07, 6.45) is 0.846. The number of hydrogen-bond acceptors (Lipinski definition) is 3. The number of carbonyl (C=O) groups excluding carboxylic acids is 1. The molecule has 1 amide bonds. The summed E-state index contributed by atoms with van der Waals surface area (Å²) in [6, 6.07) is 13.2. The summed E-state index contributed by atoms with van der Waals surface area (Å²) in [5.41, 5.74) is 3.08. The zero-order valence-corrected chi connectivity index (χ0v) is 14.8. The van der Waals surface area contributed by atoms with E-state index < -0.39 is 0 Å². The molecule has 0 radical (unpaired) electrons. The van der Waals surface area contributed by atoms with Gasteiger partial charge < -0.3 is 9.88 Å². The van der Waals surface area contributed by atoms with Crippen LogP contribution < -0.4 is 10.5 Å². The second-order valence-electron chi connectivity index (χ2n) is 6.41. The van der Waals surface area contributed by atoms with Gasteiger partial charge in [0.2, 0.25) is 0 Å². The zero-order chi connectivity index (χ0) is 17.7. The number of carbonyl (C=O) groups is 1. The van der Waals surface area contributed by atoms with Gasteiger partial charge in [0.25, 0.3) is 11.5 Å². The van der Waals surface area contributed by atoms with E-state index >= 15 is 0 Å². The van der Waals surface area contributed by atoms with Gasteiger partial charge in [-0.2, -0.15) is 0 Å². The van der Waals surface area contributed by atoms with Crippen LogP contribution in [0.15, 0.2) is 47.3 Å². The molecular formula is C19H17N3O2S. The van der Waals surface area contributed by atoms with Gasteiger partial charge in [0.15, 0.2) is 4.77 Å². The minimum atomic E-state index is -0.169. The Labute approximate surface area is 149 Å². The molecule has 4 rings (SSSR count). The van der Waals surface area contributed by atoms with Crippen LogP contribution in [-0.4, -0.2) is 21.5 Å². The van der Waals surface area contributed by atoms with Crippen LogP contribution in [0.1, 0.15) is 22.8 Å². The Kier molecular flexibility index (Phi) is 3.58. The topological polar surface area (TPSA) is 58.1 Å². The van der Waals surface area contributed by atoms with Gasteiger partial charge in [-0.15, -0.1) is 0 Å². The van der Waals surface area contributed by atoms with E-state index in [9.17, 15) is 9.59 Å². The third-order valence-corrected chi connectivity index (χ3v) is 5.15. The minimum absolute atomic E-state index is 0.0701. The van der Waals surface area contributed by atoms with Gasteiger partial charge in [-0.05, 0) is 55.4 Å². The molecule has 2 heterocycles. The molecule has 0 fully saturated rings. The molecule has 1 aliphatic rings. The number of rotatable bonds is 1. The molecule has 25 heavy (non-hydrogen) atoms. The van der Waals surface area contributed by atoms with Crippen molar-refractivity contribution in [3.8, 4) is 0 Å². The van der Waals surface area contributed by atoms with Crippen LogP contribution in [0.3, 0.4) is 0 Å². The van der Waals surface area contributed by atoms with Gasteiger partial charge in [0, 0.05) is 24.3 Å². The SMILES string of the molecule is C[C@H]1Cc2ccccc2N1C(=O)c1ccc2c(=O)n(C)c(=S)[nH]c2c1. The standard InChI is InChI=1S/C19H17N3O2S/c1-11-9-12-5-3-4-6-16(12)22(11)17(23)13-7-8-14-15(10-13)20-19(25)21(2)18(14)24/h3-8,10-11H,9H2,1-2H3,(H,20,25)/t11-/m0/s1. The minimum Gasteiger partial charge on any atom is -0.332 e. The van der Waals surface area contributed by atoms with Gasteiger partial charge >= 0.3 is 0 Å². The Hall–Kier alpha value is -2.73. The lowest BCUT2D eigenvalue weighted by molar-refractivity contribution is 0.0981. The predicted molar refractivity (Wildman–Crippen MR) is 101 cm³/mol. The maximum atomic E-state index is 13.1. The highest BCUT2D eigenvalue weighted by Gasteiger charge is 2.31. The summed E-state index contributed by atoms with van der Waals surface area (Å²) in [6.45, 7) is 2.04. The second-order valence-corrected chi connectivity index (χ2v) is 6.80. The summed E-state index contributed by atoms with van der Waals surface area (Å²) in [7, 11) is 1.63. The molecule has 0 unspecified atom stereocenters. The van der Waals surface area contributed by atoms with Crippen LogP contribution in [0.2, 0.25) is 0 Å². The number of aromatic nitrogens is 2. The highest BCUT2D eigenvalue weighted by molar-refractivity contribution is 7.71. The molecule has 2 aromatic carbocycles. The van der Waals surface area contributed by atoms with Crippen LogP contribution in [0.4, 0.5) is 5.69 Å². The summed E-state index contributed by atoms with van der Waals surface area (Å²) < 4.78 is 1.72. The van der Waals surface area contributed by atoms with E-state index in [-0.39, 0.29) is 17.5 Å². The summed E-state index contributed by atoms with van der Waals surface area (Å²) in [5, 5.41) is 0.516. The molecule has 6 heteroatoms. The Morgan fingerprint density at radius 2 is 2.00 bits per heavy atom. The number of nitrogens with zero attached hydrogens (tertiary/aromatic N) is 2. The van der Waals surface area contributed by atoms with Crippen LogP contribution in [0.25, 0.3) is 10.9 Å². The summed E-state index contributed by atoms with van der Waals surface area (Å²) in [5.74, 6) is -0.0701. The van der Waals surface area contributed by atoms with E-state index in [1.54, 1.807) is 25.2 Å². The van der Waals surface area contributed by atoms with E-state index in [1.165, 1.54) is 10.1 Å². The first-order valence-electron chi connectivity index (χ1n) is 8.12. The number of H-pyrrole nitrogens is 1. The molecular weight excluding hydrogens is 334 g/mol. The number of para-hydroxylation sites is 1. The number of benzene rings is 2. The van der Waals surface area contributed by atoms with Gasteiger partial charge in [0.1, 0.15) is 0 Å². The van der Waals surface area contributed by atoms with Gasteiger partial charge in [-0.3, -0.25) is 14.2 Å². The van der Waals surface area contributed by atoms with Gasteiger partial charge in [0.05, 0.1) is 10.9 Å². The molecule has 0 saturated carbocycles. The van der Waals surface area contributed by atoms with Crippen molar-refractivity contribution in [1.82, 2.24) is 9.55 Å². The van der Waals surface area contributed by atoms with E-state index in [4.69, 9.17) is 12.2 Å². The predicted octanol–water partition coefficient (Wildman–Crippen LogP) is 3.19. The molecule has 1 aromatic heterocycles. The smallest absolute Gasteiger partial charge is 0.261 e. The third-order valence-electron chi connectivity index (χ3n) is 4.77. The van der Waals surface area contributed by atoms with Crippen molar-refractivity contribution < 1.29 is 4.79 Å². The average Bonchev–Trinajstić information content (AvgIpc) is 2.94. The highest BCUT2D eigenvalue weighted by Crippen LogP contribution is 2.33. The second kappa shape index (κ2) is 5.67. The van der Waals surface area contributed by atoms with Crippen molar-refractivity contribution in [1.29, 1.82) is 0 Å². The largest absolute Gasteiger partial charge is 0.332 e. The number of anilines is 1. The van der Waals surface area contributed by atoms with Crippen molar-refractivity contribution in [2.75, 3.05) is 4.90 Å². The molecule has 0 bridgehead atoms. The van der Waals surface area contributed by atoms with Crippen LogP contribution in [-0.2, 0) is 13.5 Å². The number of fused-ring (bicyclic) bond motifs is 2. The first-order chi connectivity index (χ1) is 12.0. The quantitative estimate of drug-likeness (QED) is 0.685. The first-order valence-corrected chi connectivity index (χ1v) is 8.52. The van der Waals surface area contributed by atoms with Crippen molar-refractivity contribution in [3.63, 3.8) is 0 Å².